The molecule has 1 atom stereocenters. The third-order valence-electron chi connectivity index (χ3n) is 3.68. The predicted octanol–water partition coefficient (Wildman–Crippen LogP) is 3.16. The number of nitrogens with zero attached hydrogens (tertiary/aromatic N) is 1. The summed E-state index contributed by atoms with van der Waals surface area (Å²) in [7, 11) is 2.11. The van der Waals surface area contributed by atoms with Crippen LogP contribution in [0.25, 0.3) is 0 Å². The van der Waals surface area contributed by atoms with Crippen LogP contribution in [0.2, 0.25) is 0 Å². The van der Waals surface area contributed by atoms with Crippen molar-refractivity contribution in [2.24, 2.45) is 5.92 Å². The number of aromatic nitrogens is 1. The molecule has 1 saturated carbocycles. The van der Waals surface area contributed by atoms with Crippen LogP contribution in [-0.4, -0.2) is 18.1 Å². The molecular formula is C13H22N2S. The van der Waals surface area contributed by atoms with Crippen LogP contribution < -0.4 is 5.32 Å². The number of hydrogen-bond acceptors (Lipinski definition) is 3. The third kappa shape index (κ3) is 3.05. The first-order chi connectivity index (χ1) is 7.79. The van der Waals surface area contributed by atoms with Crippen molar-refractivity contribution in [2.45, 2.75) is 51.5 Å². The molecule has 0 amide bonds. The maximum absolute atomic E-state index is 4.53. The van der Waals surface area contributed by atoms with Crippen LogP contribution in [-0.2, 0) is 6.42 Å². The zero-order valence-electron chi connectivity index (χ0n) is 10.3. The molecule has 1 aromatic rings. The van der Waals surface area contributed by atoms with E-state index in [1.54, 1.807) is 11.3 Å². The Morgan fingerprint density at radius 1 is 1.50 bits per heavy atom. The Bertz CT molecular complexity index is 315. The van der Waals surface area contributed by atoms with Gasteiger partial charge in [-0.2, -0.15) is 0 Å². The summed E-state index contributed by atoms with van der Waals surface area (Å²) < 4.78 is 0. The quantitative estimate of drug-likeness (QED) is 0.852. The molecule has 0 aromatic carbocycles. The number of aryl methyl sites for hydroxylation is 2. The van der Waals surface area contributed by atoms with E-state index in [4.69, 9.17) is 0 Å². The van der Waals surface area contributed by atoms with Crippen molar-refractivity contribution in [1.82, 2.24) is 10.3 Å². The molecule has 1 aromatic heterocycles. The molecule has 90 valence electrons. The molecule has 0 saturated heterocycles. The van der Waals surface area contributed by atoms with Gasteiger partial charge in [0, 0.05) is 23.5 Å². The van der Waals surface area contributed by atoms with Gasteiger partial charge in [0.15, 0.2) is 0 Å². The fourth-order valence-electron chi connectivity index (χ4n) is 2.77. The highest BCUT2D eigenvalue weighted by Crippen LogP contribution is 2.29. The van der Waals surface area contributed by atoms with Gasteiger partial charge in [-0.15, -0.1) is 11.3 Å². The highest BCUT2D eigenvalue weighted by molar-refractivity contribution is 7.09. The Morgan fingerprint density at radius 3 is 2.81 bits per heavy atom. The lowest BCUT2D eigenvalue weighted by atomic mass is 9.94. The van der Waals surface area contributed by atoms with Crippen molar-refractivity contribution in [1.29, 1.82) is 0 Å². The number of hydrogen-bond donors (Lipinski definition) is 1. The Balaban J connectivity index is 1.82. The summed E-state index contributed by atoms with van der Waals surface area (Å²) in [4.78, 5) is 4.53. The van der Waals surface area contributed by atoms with Crippen molar-refractivity contribution in [3.8, 4) is 0 Å². The molecule has 3 heteroatoms. The summed E-state index contributed by atoms with van der Waals surface area (Å²) in [6, 6.07) is 0.701. The Kier molecular flexibility index (Phi) is 4.36. The largest absolute Gasteiger partial charge is 0.317 e. The minimum absolute atomic E-state index is 0.701. The van der Waals surface area contributed by atoms with Crippen molar-refractivity contribution < 1.29 is 0 Å². The first-order valence-electron chi connectivity index (χ1n) is 6.38. The van der Waals surface area contributed by atoms with E-state index in [2.05, 4.69) is 29.7 Å². The highest BCUT2D eigenvalue weighted by atomic mass is 32.1. The predicted molar refractivity (Wildman–Crippen MR) is 70.0 cm³/mol. The minimum atomic E-state index is 0.701. The smallest absolute Gasteiger partial charge is 0.0928 e. The fraction of sp³-hybridized carbons (Fsp3) is 0.769. The van der Waals surface area contributed by atoms with Crippen LogP contribution in [0.3, 0.4) is 0 Å². The van der Waals surface area contributed by atoms with Gasteiger partial charge in [0.05, 0.1) is 5.01 Å². The molecule has 1 unspecified atom stereocenters. The van der Waals surface area contributed by atoms with Crippen LogP contribution in [0.5, 0.6) is 0 Å². The van der Waals surface area contributed by atoms with Gasteiger partial charge in [0.2, 0.25) is 0 Å². The summed E-state index contributed by atoms with van der Waals surface area (Å²) in [6.07, 6.45) is 8.08. The topological polar surface area (TPSA) is 24.9 Å². The first kappa shape index (κ1) is 12.1. The van der Waals surface area contributed by atoms with Crippen molar-refractivity contribution in [2.75, 3.05) is 7.05 Å². The molecule has 0 bridgehead atoms. The molecular weight excluding hydrogens is 216 g/mol. The molecule has 1 fully saturated rings. The Morgan fingerprint density at radius 2 is 2.25 bits per heavy atom. The van der Waals surface area contributed by atoms with Crippen LogP contribution in [0, 0.1) is 12.8 Å². The van der Waals surface area contributed by atoms with E-state index in [0.717, 1.165) is 12.3 Å². The number of thiazole rings is 1. The number of nitrogens with one attached hydrogen (secondary N) is 1. The van der Waals surface area contributed by atoms with E-state index in [-0.39, 0.29) is 0 Å². The van der Waals surface area contributed by atoms with Crippen LogP contribution in [0.15, 0.2) is 5.38 Å². The lowest BCUT2D eigenvalue weighted by Gasteiger charge is -2.22. The lowest BCUT2D eigenvalue weighted by Crippen LogP contribution is -2.32. The molecule has 1 aliphatic carbocycles. The summed E-state index contributed by atoms with van der Waals surface area (Å²) in [5.74, 6) is 0.908. The van der Waals surface area contributed by atoms with Crippen molar-refractivity contribution in [3.05, 3.63) is 16.1 Å². The van der Waals surface area contributed by atoms with Crippen LogP contribution in [0.4, 0.5) is 0 Å². The summed E-state index contributed by atoms with van der Waals surface area (Å²) in [5, 5.41) is 6.95. The molecule has 0 radical (unpaired) electrons. The van der Waals surface area contributed by atoms with Crippen LogP contribution in [0.1, 0.15) is 42.8 Å². The zero-order chi connectivity index (χ0) is 11.4. The van der Waals surface area contributed by atoms with Gasteiger partial charge in [-0.3, -0.25) is 0 Å². The van der Waals surface area contributed by atoms with Crippen LogP contribution >= 0.6 is 11.3 Å². The summed E-state index contributed by atoms with van der Waals surface area (Å²) >= 11 is 1.81. The van der Waals surface area contributed by atoms with Crippen molar-refractivity contribution >= 4 is 11.3 Å². The molecule has 1 heterocycles. The lowest BCUT2D eigenvalue weighted by molar-refractivity contribution is 0.360. The van der Waals surface area contributed by atoms with E-state index in [1.807, 2.05) is 0 Å². The van der Waals surface area contributed by atoms with Gasteiger partial charge in [0.25, 0.3) is 0 Å². The van der Waals surface area contributed by atoms with E-state index in [9.17, 15) is 0 Å². The molecule has 2 nitrogen and oxygen atoms in total. The second-order valence-corrected chi connectivity index (χ2v) is 5.80. The molecule has 16 heavy (non-hydrogen) atoms. The van der Waals surface area contributed by atoms with Gasteiger partial charge in [-0.25, -0.2) is 4.98 Å². The van der Waals surface area contributed by atoms with E-state index < -0.39 is 0 Å². The minimum Gasteiger partial charge on any atom is -0.317 e. The van der Waals surface area contributed by atoms with Gasteiger partial charge in [-0.1, -0.05) is 12.8 Å². The highest BCUT2D eigenvalue weighted by Gasteiger charge is 2.23. The van der Waals surface area contributed by atoms with E-state index >= 15 is 0 Å². The first-order valence-corrected chi connectivity index (χ1v) is 7.26. The molecule has 1 aliphatic rings. The average molecular weight is 238 g/mol. The van der Waals surface area contributed by atoms with Gasteiger partial charge >= 0.3 is 0 Å². The maximum atomic E-state index is 4.53. The van der Waals surface area contributed by atoms with Gasteiger partial charge in [0.1, 0.15) is 0 Å². The summed E-state index contributed by atoms with van der Waals surface area (Å²) in [6.45, 7) is 2.08. The van der Waals surface area contributed by atoms with E-state index in [0.29, 0.717) is 6.04 Å². The third-order valence-corrected chi connectivity index (χ3v) is 4.70. The maximum Gasteiger partial charge on any atom is 0.0928 e. The second kappa shape index (κ2) is 5.78. The van der Waals surface area contributed by atoms with Crippen molar-refractivity contribution in [3.63, 3.8) is 0 Å². The second-order valence-electron chi connectivity index (χ2n) is 4.86. The molecule has 2 rings (SSSR count). The monoisotopic (exact) mass is 238 g/mol. The Hall–Kier alpha value is -0.410. The molecule has 1 N–H and O–H groups in total. The normalized spacial score (nSPS) is 19.1. The SMILES string of the molecule is CNC(CCc1nc(C)cs1)C1CCCC1. The summed E-state index contributed by atoms with van der Waals surface area (Å²) in [5.41, 5.74) is 1.17. The van der Waals surface area contributed by atoms with Gasteiger partial charge < -0.3 is 5.32 Å². The standard InChI is InChI=1S/C13H22N2S/c1-10-9-16-13(15-10)8-7-12(14-2)11-5-3-4-6-11/h9,11-12,14H,3-8H2,1-2H3. The van der Waals surface area contributed by atoms with Gasteiger partial charge in [-0.05, 0) is 39.2 Å². The fourth-order valence-corrected chi connectivity index (χ4v) is 3.56. The Labute approximate surface area is 102 Å². The number of rotatable bonds is 5. The molecule has 0 aliphatic heterocycles. The molecule has 0 spiro atoms. The zero-order valence-corrected chi connectivity index (χ0v) is 11.1. The van der Waals surface area contributed by atoms with E-state index in [1.165, 1.54) is 42.8 Å². The average Bonchev–Trinajstić information content (AvgIpc) is 2.91.